The summed E-state index contributed by atoms with van der Waals surface area (Å²) in [6.07, 6.45) is 2.42. The van der Waals surface area contributed by atoms with Gasteiger partial charge in [0.05, 0.1) is 11.9 Å². The monoisotopic (exact) mass is 387 g/mol. The third-order valence-electron chi connectivity index (χ3n) is 6.02. The maximum Gasteiger partial charge on any atom is 0.224 e. The summed E-state index contributed by atoms with van der Waals surface area (Å²) in [5.41, 5.74) is 5.53. The number of hydrogen-bond donors (Lipinski definition) is 1. The van der Waals surface area contributed by atoms with Crippen LogP contribution in [0, 0.1) is 13.8 Å². The molecule has 0 radical (unpaired) electrons. The lowest BCUT2D eigenvalue weighted by Gasteiger charge is -2.32. The van der Waals surface area contributed by atoms with Gasteiger partial charge < -0.3 is 5.32 Å². The quantitative estimate of drug-likeness (QED) is 0.714. The Morgan fingerprint density at radius 1 is 1.03 bits per heavy atom. The zero-order chi connectivity index (χ0) is 20.2. The van der Waals surface area contributed by atoms with E-state index in [9.17, 15) is 4.79 Å². The molecule has 1 N–H and O–H groups in total. The molecule has 2 aromatic carbocycles. The second-order valence-electron chi connectivity index (χ2n) is 8.10. The molecule has 0 spiro atoms. The smallest absolute Gasteiger partial charge is 0.224 e. The van der Waals surface area contributed by atoms with Gasteiger partial charge in [0.25, 0.3) is 0 Å². The van der Waals surface area contributed by atoms with Crippen molar-refractivity contribution >= 4 is 16.8 Å². The lowest BCUT2D eigenvalue weighted by Crippen LogP contribution is -2.44. The van der Waals surface area contributed by atoms with Gasteiger partial charge in [-0.2, -0.15) is 0 Å². The van der Waals surface area contributed by atoms with E-state index in [2.05, 4.69) is 53.5 Å². The van der Waals surface area contributed by atoms with Crippen LogP contribution in [0.4, 0.5) is 0 Å². The average molecular weight is 388 g/mol. The summed E-state index contributed by atoms with van der Waals surface area (Å²) in [5, 5.41) is 4.40. The van der Waals surface area contributed by atoms with Crippen molar-refractivity contribution in [3.8, 4) is 0 Å². The van der Waals surface area contributed by atoms with Crippen LogP contribution in [0.25, 0.3) is 10.9 Å². The summed E-state index contributed by atoms with van der Waals surface area (Å²) >= 11 is 0. The van der Waals surface area contributed by atoms with Crippen LogP contribution in [0.3, 0.4) is 0 Å². The van der Waals surface area contributed by atoms with Gasteiger partial charge in [0.15, 0.2) is 0 Å². The molecule has 1 fully saturated rings. The zero-order valence-electron chi connectivity index (χ0n) is 17.3. The van der Waals surface area contributed by atoms with Crippen LogP contribution in [-0.2, 0) is 17.8 Å². The van der Waals surface area contributed by atoms with Gasteiger partial charge >= 0.3 is 0 Å². The van der Waals surface area contributed by atoms with Crippen molar-refractivity contribution in [2.75, 3.05) is 13.1 Å². The fourth-order valence-electron chi connectivity index (χ4n) is 4.35. The number of hydrogen-bond acceptors (Lipinski definition) is 3. The van der Waals surface area contributed by atoms with Gasteiger partial charge in [0, 0.05) is 36.8 Å². The van der Waals surface area contributed by atoms with Crippen LogP contribution in [0.2, 0.25) is 0 Å². The molecule has 0 atom stereocenters. The maximum absolute atomic E-state index is 12.7. The Morgan fingerprint density at radius 2 is 1.72 bits per heavy atom. The summed E-state index contributed by atoms with van der Waals surface area (Å²) in [6.45, 7) is 7.14. The van der Waals surface area contributed by atoms with E-state index < -0.39 is 0 Å². The molecule has 4 rings (SSSR count). The van der Waals surface area contributed by atoms with E-state index in [1.807, 2.05) is 25.1 Å². The van der Waals surface area contributed by atoms with Crippen LogP contribution in [0.15, 0.2) is 54.6 Å². The lowest BCUT2D eigenvalue weighted by atomic mass is 9.98. The molecule has 0 saturated carbocycles. The van der Waals surface area contributed by atoms with E-state index in [0.29, 0.717) is 6.42 Å². The van der Waals surface area contributed by atoms with Crippen molar-refractivity contribution < 1.29 is 4.79 Å². The summed E-state index contributed by atoms with van der Waals surface area (Å²) in [7, 11) is 0. The molecule has 1 saturated heterocycles. The number of nitrogens with zero attached hydrogens (tertiary/aromatic N) is 2. The molecule has 29 heavy (non-hydrogen) atoms. The number of aromatic nitrogens is 1. The van der Waals surface area contributed by atoms with Gasteiger partial charge in [0.2, 0.25) is 5.91 Å². The Balaban J connectivity index is 1.33. The van der Waals surface area contributed by atoms with Gasteiger partial charge in [0.1, 0.15) is 0 Å². The van der Waals surface area contributed by atoms with E-state index >= 15 is 0 Å². The Labute approximate surface area is 173 Å². The van der Waals surface area contributed by atoms with Crippen molar-refractivity contribution in [1.82, 2.24) is 15.2 Å². The van der Waals surface area contributed by atoms with E-state index in [-0.39, 0.29) is 11.9 Å². The van der Waals surface area contributed by atoms with E-state index in [0.717, 1.165) is 54.6 Å². The molecular weight excluding hydrogens is 358 g/mol. The largest absolute Gasteiger partial charge is 0.353 e. The minimum atomic E-state index is 0.106. The fourth-order valence-corrected chi connectivity index (χ4v) is 4.35. The van der Waals surface area contributed by atoms with Gasteiger partial charge in [-0.15, -0.1) is 0 Å². The van der Waals surface area contributed by atoms with Crippen molar-refractivity contribution in [3.63, 3.8) is 0 Å². The Bertz CT molecular complexity index is 992. The predicted molar refractivity (Wildman–Crippen MR) is 118 cm³/mol. The van der Waals surface area contributed by atoms with Crippen molar-refractivity contribution in [2.45, 2.75) is 45.7 Å². The third-order valence-corrected chi connectivity index (χ3v) is 6.02. The molecule has 2 heterocycles. The first-order valence-electron chi connectivity index (χ1n) is 10.5. The van der Waals surface area contributed by atoms with Gasteiger partial charge in [-0.1, -0.05) is 48.5 Å². The van der Waals surface area contributed by atoms with Crippen molar-refractivity contribution in [1.29, 1.82) is 0 Å². The number of para-hydroxylation sites is 1. The number of benzene rings is 2. The van der Waals surface area contributed by atoms with Crippen LogP contribution in [0.5, 0.6) is 0 Å². The second kappa shape index (κ2) is 8.75. The molecule has 1 amide bonds. The molecule has 0 aliphatic carbocycles. The van der Waals surface area contributed by atoms with Crippen LogP contribution < -0.4 is 5.32 Å². The SMILES string of the molecule is Cc1nc2ccccc2c(C)c1CC(=O)NC1CCN(Cc2ccccc2)CC1. The highest BCUT2D eigenvalue weighted by atomic mass is 16.1. The molecule has 1 aromatic heterocycles. The number of nitrogens with one attached hydrogen (secondary N) is 1. The number of aryl methyl sites for hydroxylation is 2. The Morgan fingerprint density at radius 3 is 2.48 bits per heavy atom. The fraction of sp³-hybridized carbons (Fsp3) is 0.360. The maximum atomic E-state index is 12.7. The Hall–Kier alpha value is -2.72. The highest BCUT2D eigenvalue weighted by Gasteiger charge is 2.21. The summed E-state index contributed by atoms with van der Waals surface area (Å²) < 4.78 is 0. The lowest BCUT2D eigenvalue weighted by molar-refractivity contribution is -0.121. The number of amides is 1. The molecular formula is C25H29N3O. The van der Waals surface area contributed by atoms with Crippen molar-refractivity contribution in [3.05, 3.63) is 77.0 Å². The molecule has 4 nitrogen and oxygen atoms in total. The molecule has 4 heteroatoms. The van der Waals surface area contributed by atoms with Crippen LogP contribution in [0.1, 0.15) is 35.2 Å². The first-order chi connectivity index (χ1) is 14.1. The molecule has 1 aliphatic heterocycles. The Kier molecular flexibility index (Phi) is 5.91. The van der Waals surface area contributed by atoms with E-state index in [4.69, 9.17) is 4.98 Å². The van der Waals surface area contributed by atoms with Gasteiger partial charge in [-0.05, 0) is 49.4 Å². The number of likely N-dealkylation sites (tertiary alicyclic amines) is 1. The second-order valence-corrected chi connectivity index (χ2v) is 8.10. The minimum absolute atomic E-state index is 0.106. The zero-order valence-corrected chi connectivity index (χ0v) is 17.3. The number of rotatable bonds is 5. The third kappa shape index (κ3) is 4.65. The number of carbonyl (C=O) groups excluding carboxylic acids is 1. The topological polar surface area (TPSA) is 45.2 Å². The predicted octanol–water partition coefficient (Wildman–Crippen LogP) is 4.17. The number of piperidine rings is 1. The molecule has 0 bridgehead atoms. The molecule has 0 unspecified atom stereocenters. The van der Waals surface area contributed by atoms with E-state index in [1.165, 1.54) is 11.1 Å². The summed E-state index contributed by atoms with van der Waals surface area (Å²) in [6, 6.07) is 19.0. The normalized spacial score (nSPS) is 15.5. The van der Waals surface area contributed by atoms with E-state index in [1.54, 1.807) is 0 Å². The van der Waals surface area contributed by atoms with Gasteiger partial charge in [-0.25, -0.2) is 0 Å². The highest BCUT2D eigenvalue weighted by molar-refractivity contribution is 5.86. The van der Waals surface area contributed by atoms with Crippen molar-refractivity contribution in [2.24, 2.45) is 0 Å². The first kappa shape index (κ1) is 19.6. The summed E-state index contributed by atoms with van der Waals surface area (Å²) in [4.78, 5) is 19.9. The standard InChI is InChI=1S/C25H29N3O/c1-18-22-10-6-7-11-24(22)26-19(2)23(18)16-25(29)27-21-12-14-28(15-13-21)17-20-8-4-3-5-9-20/h3-11,21H,12-17H2,1-2H3,(H,27,29). The van der Waals surface area contributed by atoms with Crippen LogP contribution >= 0.6 is 0 Å². The van der Waals surface area contributed by atoms with Gasteiger partial charge in [-0.3, -0.25) is 14.7 Å². The molecule has 3 aromatic rings. The average Bonchev–Trinajstić information content (AvgIpc) is 2.73. The van der Waals surface area contributed by atoms with Crippen LogP contribution in [-0.4, -0.2) is 34.9 Å². The highest BCUT2D eigenvalue weighted by Crippen LogP contribution is 2.23. The number of carbonyl (C=O) groups is 1. The summed E-state index contributed by atoms with van der Waals surface area (Å²) in [5.74, 6) is 0.106. The number of fused-ring (bicyclic) bond motifs is 1. The number of pyridine rings is 1. The first-order valence-corrected chi connectivity index (χ1v) is 10.5. The molecule has 1 aliphatic rings. The minimum Gasteiger partial charge on any atom is -0.353 e. The molecule has 150 valence electrons.